The van der Waals surface area contributed by atoms with Crippen LogP contribution in [-0.4, -0.2) is 29.3 Å². The number of hydrogen-bond donors (Lipinski definition) is 1. The summed E-state index contributed by atoms with van der Waals surface area (Å²) in [4.78, 5) is 25.5. The number of carbonyl (C=O) groups excluding carboxylic acids is 2. The van der Waals surface area contributed by atoms with Crippen LogP contribution in [-0.2, 0) is 9.59 Å². The van der Waals surface area contributed by atoms with E-state index in [9.17, 15) is 9.59 Å². The molecule has 0 radical (unpaired) electrons. The minimum Gasteiger partial charge on any atom is -0.331 e. The molecule has 0 spiro atoms. The molecule has 114 valence electrons. The summed E-state index contributed by atoms with van der Waals surface area (Å²) in [5, 5.41) is 3.64. The molecular formula is C15H18Cl2N2O2. The van der Waals surface area contributed by atoms with E-state index in [0.29, 0.717) is 15.7 Å². The monoisotopic (exact) mass is 328 g/mol. The van der Waals surface area contributed by atoms with E-state index in [0.717, 1.165) is 25.7 Å². The second kappa shape index (κ2) is 7.14. The van der Waals surface area contributed by atoms with Gasteiger partial charge in [-0.15, -0.1) is 0 Å². The summed E-state index contributed by atoms with van der Waals surface area (Å²) in [6.45, 7) is 1.56. The van der Waals surface area contributed by atoms with Crippen molar-refractivity contribution in [3.05, 3.63) is 28.2 Å². The van der Waals surface area contributed by atoms with Gasteiger partial charge < -0.3 is 10.2 Å². The molecule has 1 saturated carbocycles. The van der Waals surface area contributed by atoms with Crippen LogP contribution in [0.3, 0.4) is 0 Å². The molecule has 1 aliphatic rings. The second-order valence-electron chi connectivity index (χ2n) is 5.29. The van der Waals surface area contributed by atoms with Gasteiger partial charge in [-0.3, -0.25) is 9.59 Å². The third-order valence-electron chi connectivity index (χ3n) is 3.63. The number of benzene rings is 1. The van der Waals surface area contributed by atoms with E-state index >= 15 is 0 Å². The Morgan fingerprint density at radius 2 is 1.76 bits per heavy atom. The maximum atomic E-state index is 12.1. The molecule has 4 nitrogen and oxygen atoms in total. The van der Waals surface area contributed by atoms with E-state index in [-0.39, 0.29) is 24.4 Å². The predicted octanol–water partition coefficient (Wildman–Crippen LogP) is 3.72. The molecule has 0 atom stereocenters. The highest BCUT2D eigenvalue weighted by Crippen LogP contribution is 2.24. The van der Waals surface area contributed by atoms with Crippen LogP contribution in [0.25, 0.3) is 0 Å². The van der Waals surface area contributed by atoms with Gasteiger partial charge in [-0.2, -0.15) is 0 Å². The molecule has 2 rings (SSSR count). The van der Waals surface area contributed by atoms with Crippen molar-refractivity contribution in [2.24, 2.45) is 0 Å². The fraction of sp³-hybridized carbons (Fsp3) is 0.467. The second-order valence-corrected chi connectivity index (χ2v) is 6.16. The topological polar surface area (TPSA) is 49.4 Å². The summed E-state index contributed by atoms with van der Waals surface area (Å²) in [5.41, 5.74) is 0.535. The molecule has 1 aromatic carbocycles. The summed E-state index contributed by atoms with van der Waals surface area (Å²) in [5.74, 6) is -0.309. The lowest BCUT2D eigenvalue weighted by molar-refractivity contribution is -0.135. The molecule has 2 amide bonds. The third kappa shape index (κ3) is 4.61. The normalized spacial score (nSPS) is 15.0. The van der Waals surface area contributed by atoms with Crippen LogP contribution in [0.5, 0.6) is 0 Å². The first-order valence-corrected chi connectivity index (χ1v) is 7.74. The minimum absolute atomic E-state index is 0.0597. The fourth-order valence-electron chi connectivity index (χ4n) is 2.69. The lowest BCUT2D eigenvalue weighted by atomic mass is 10.2. The Labute approximate surface area is 134 Å². The fourth-order valence-corrected chi connectivity index (χ4v) is 3.22. The number of rotatable bonds is 4. The highest BCUT2D eigenvalue weighted by atomic mass is 35.5. The molecule has 21 heavy (non-hydrogen) atoms. The molecule has 1 aliphatic carbocycles. The third-order valence-corrected chi connectivity index (χ3v) is 4.07. The van der Waals surface area contributed by atoms with Gasteiger partial charge in [0.1, 0.15) is 6.54 Å². The Kier molecular flexibility index (Phi) is 5.48. The van der Waals surface area contributed by atoms with E-state index in [2.05, 4.69) is 5.32 Å². The molecule has 0 saturated heterocycles. The van der Waals surface area contributed by atoms with Crippen molar-refractivity contribution >= 4 is 40.7 Å². The van der Waals surface area contributed by atoms with Crippen LogP contribution in [0.2, 0.25) is 10.0 Å². The van der Waals surface area contributed by atoms with Crippen LogP contribution in [0.4, 0.5) is 5.69 Å². The smallest absolute Gasteiger partial charge is 0.244 e. The van der Waals surface area contributed by atoms with Gasteiger partial charge in [-0.1, -0.05) is 36.0 Å². The predicted molar refractivity (Wildman–Crippen MR) is 84.7 cm³/mol. The molecular weight excluding hydrogens is 311 g/mol. The molecule has 6 heteroatoms. The summed E-state index contributed by atoms with van der Waals surface area (Å²) in [6.07, 6.45) is 4.16. The first kappa shape index (κ1) is 16.1. The molecule has 0 bridgehead atoms. The Morgan fingerprint density at radius 3 is 2.29 bits per heavy atom. The van der Waals surface area contributed by atoms with Gasteiger partial charge in [0.2, 0.25) is 11.8 Å². The van der Waals surface area contributed by atoms with Gasteiger partial charge in [0.25, 0.3) is 0 Å². The number of carbonyl (C=O) groups is 2. The van der Waals surface area contributed by atoms with Crippen molar-refractivity contribution in [1.82, 2.24) is 4.90 Å². The number of nitrogens with one attached hydrogen (secondary N) is 1. The molecule has 1 fully saturated rings. The van der Waals surface area contributed by atoms with E-state index < -0.39 is 0 Å². The van der Waals surface area contributed by atoms with Crippen molar-refractivity contribution in [2.75, 3.05) is 11.9 Å². The highest BCUT2D eigenvalue weighted by Gasteiger charge is 2.26. The molecule has 1 aromatic rings. The van der Waals surface area contributed by atoms with Crippen molar-refractivity contribution in [1.29, 1.82) is 0 Å². The number of halogens is 2. The van der Waals surface area contributed by atoms with Crippen LogP contribution in [0, 0.1) is 0 Å². The summed E-state index contributed by atoms with van der Waals surface area (Å²) >= 11 is 11.8. The van der Waals surface area contributed by atoms with Gasteiger partial charge in [0.05, 0.1) is 0 Å². The molecule has 0 aliphatic heterocycles. The number of anilines is 1. The van der Waals surface area contributed by atoms with E-state index in [1.165, 1.54) is 6.92 Å². The van der Waals surface area contributed by atoms with E-state index in [1.807, 2.05) is 0 Å². The van der Waals surface area contributed by atoms with Crippen LogP contribution in [0.15, 0.2) is 18.2 Å². The Balaban J connectivity index is 2.00. The minimum atomic E-state index is -0.240. The van der Waals surface area contributed by atoms with Crippen LogP contribution in [0.1, 0.15) is 32.6 Å². The average molecular weight is 329 g/mol. The zero-order chi connectivity index (χ0) is 15.4. The largest absolute Gasteiger partial charge is 0.331 e. The Bertz CT molecular complexity index is 522. The summed E-state index contributed by atoms with van der Waals surface area (Å²) < 4.78 is 0. The van der Waals surface area contributed by atoms with E-state index in [4.69, 9.17) is 23.2 Å². The van der Waals surface area contributed by atoms with Crippen LogP contribution < -0.4 is 5.32 Å². The molecule has 1 N–H and O–H groups in total. The quantitative estimate of drug-likeness (QED) is 0.915. The van der Waals surface area contributed by atoms with E-state index in [1.54, 1.807) is 23.1 Å². The van der Waals surface area contributed by atoms with Crippen molar-refractivity contribution in [3.8, 4) is 0 Å². The van der Waals surface area contributed by atoms with Gasteiger partial charge in [-0.25, -0.2) is 0 Å². The first-order chi connectivity index (χ1) is 9.95. The SMILES string of the molecule is CC(=O)N(CC(=O)Nc1cc(Cl)cc(Cl)c1)C1CCCC1. The Morgan fingerprint density at radius 1 is 1.19 bits per heavy atom. The molecule has 0 unspecified atom stereocenters. The molecule has 0 aromatic heterocycles. The highest BCUT2D eigenvalue weighted by molar-refractivity contribution is 6.35. The van der Waals surface area contributed by atoms with Gasteiger partial charge in [0, 0.05) is 28.7 Å². The summed E-state index contributed by atoms with van der Waals surface area (Å²) in [7, 11) is 0. The first-order valence-electron chi connectivity index (χ1n) is 6.99. The number of hydrogen-bond acceptors (Lipinski definition) is 2. The standard InChI is InChI=1S/C15H18Cl2N2O2/c1-10(20)19(14-4-2-3-5-14)9-15(21)18-13-7-11(16)6-12(17)8-13/h6-8,14H,2-5,9H2,1H3,(H,18,21). The van der Waals surface area contributed by atoms with Crippen molar-refractivity contribution in [3.63, 3.8) is 0 Å². The zero-order valence-corrected chi connectivity index (χ0v) is 13.4. The van der Waals surface area contributed by atoms with Crippen molar-refractivity contribution < 1.29 is 9.59 Å². The number of nitrogens with zero attached hydrogens (tertiary/aromatic N) is 1. The average Bonchev–Trinajstić information content (AvgIpc) is 2.87. The lowest BCUT2D eigenvalue weighted by Crippen LogP contribution is -2.42. The number of amides is 2. The maximum Gasteiger partial charge on any atom is 0.244 e. The van der Waals surface area contributed by atoms with Crippen LogP contribution >= 0.6 is 23.2 Å². The van der Waals surface area contributed by atoms with Gasteiger partial charge in [0.15, 0.2) is 0 Å². The van der Waals surface area contributed by atoms with Gasteiger partial charge in [-0.05, 0) is 31.0 Å². The Hall–Kier alpha value is -1.26. The van der Waals surface area contributed by atoms with Crippen molar-refractivity contribution in [2.45, 2.75) is 38.6 Å². The van der Waals surface area contributed by atoms with Gasteiger partial charge >= 0.3 is 0 Å². The summed E-state index contributed by atoms with van der Waals surface area (Å²) in [6, 6.07) is 5.02. The maximum absolute atomic E-state index is 12.1. The molecule has 0 heterocycles. The lowest BCUT2D eigenvalue weighted by Gasteiger charge is -2.27. The zero-order valence-electron chi connectivity index (χ0n) is 11.9.